The van der Waals surface area contributed by atoms with Crippen molar-refractivity contribution in [3.63, 3.8) is 0 Å². The maximum absolute atomic E-state index is 13.8. The second-order valence-corrected chi connectivity index (χ2v) is 8.12. The third-order valence-corrected chi connectivity index (χ3v) is 4.97. The van der Waals surface area contributed by atoms with Gasteiger partial charge in [0.05, 0.1) is 5.69 Å². The van der Waals surface area contributed by atoms with Crippen molar-refractivity contribution >= 4 is 17.2 Å². The van der Waals surface area contributed by atoms with E-state index in [4.69, 9.17) is 5.10 Å². The normalized spacial score (nSPS) is 16.1. The van der Waals surface area contributed by atoms with Crippen molar-refractivity contribution in [1.29, 1.82) is 0 Å². The lowest BCUT2D eigenvalue weighted by Gasteiger charge is -2.33. The quantitative estimate of drug-likeness (QED) is 0.765. The summed E-state index contributed by atoms with van der Waals surface area (Å²) in [4.78, 5) is 2.27. The molecule has 3 aromatic rings. The van der Waals surface area contributed by atoms with Crippen LogP contribution in [0.5, 0.6) is 0 Å². The summed E-state index contributed by atoms with van der Waals surface area (Å²) in [6, 6.07) is 11.1. The van der Waals surface area contributed by atoms with Gasteiger partial charge in [-0.25, -0.2) is 4.39 Å². The van der Waals surface area contributed by atoms with Crippen LogP contribution in [0.1, 0.15) is 39.4 Å². The molecule has 7 heteroatoms. The number of hydrogen-bond donors (Lipinski definition) is 1. The van der Waals surface area contributed by atoms with Crippen LogP contribution in [-0.2, 0) is 5.41 Å². The maximum Gasteiger partial charge on any atom is 0.178 e. The molecule has 1 aromatic carbocycles. The van der Waals surface area contributed by atoms with E-state index in [1.807, 2.05) is 22.7 Å². The summed E-state index contributed by atoms with van der Waals surface area (Å²) in [6.45, 7) is 8.07. The maximum atomic E-state index is 13.8. The molecule has 1 N–H and O–H groups in total. The lowest BCUT2D eigenvalue weighted by atomic mass is 9.96. The van der Waals surface area contributed by atoms with Crippen molar-refractivity contribution in [3.8, 4) is 0 Å². The van der Waals surface area contributed by atoms with Gasteiger partial charge in [0.1, 0.15) is 11.6 Å². The predicted molar refractivity (Wildman–Crippen MR) is 105 cm³/mol. The van der Waals surface area contributed by atoms with E-state index in [2.05, 4.69) is 41.2 Å². The summed E-state index contributed by atoms with van der Waals surface area (Å²) in [7, 11) is 0. The summed E-state index contributed by atoms with van der Waals surface area (Å²) >= 11 is 0. The van der Waals surface area contributed by atoms with Gasteiger partial charge in [-0.2, -0.15) is 4.52 Å². The van der Waals surface area contributed by atoms with E-state index in [-0.39, 0.29) is 17.3 Å². The fraction of sp³-hybridized carbons (Fsp3) is 0.450. The van der Waals surface area contributed by atoms with Gasteiger partial charge in [-0.05, 0) is 37.1 Å². The van der Waals surface area contributed by atoms with Crippen LogP contribution in [0, 0.1) is 5.82 Å². The van der Waals surface area contributed by atoms with Crippen LogP contribution < -0.4 is 10.2 Å². The summed E-state index contributed by atoms with van der Waals surface area (Å²) in [5.74, 6) is 1.59. The van der Waals surface area contributed by atoms with Gasteiger partial charge in [-0.1, -0.05) is 32.9 Å². The first-order valence-corrected chi connectivity index (χ1v) is 9.41. The van der Waals surface area contributed by atoms with E-state index < -0.39 is 0 Å². The molecular weight excluding hydrogens is 343 g/mol. The Balaban J connectivity index is 1.47. The summed E-state index contributed by atoms with van der Waals surface area (Å²) in [5, 5.41) is 16.6. The lowest BCUT2D eigenvalue weighted by Crippen LogP contribution is -2.39. The second-order valence-electron chi connectivity index (χ2n) is 8.12. The number of fused-ring (bicyclic) bond motifs is 1. The minimum absolute atomic E-state index is 0.123. The molecule has 6 nitrogen and oxygen atoms in total. The van der Waals surface area contributed by atoms with E-state index in [0.717, 1.165) is 43.2 Å². The molecule has 142 valence electrons. The minimum Gasteiger partial charge on any atom is -0.380 e. The number of nitrogens with zero attached hydrogens (tertiary/aromatic N) is 5. The molecule has 1 aliphatic heterocycles. The number of rotatable bonds is 3. The summed E-state index contributed by atoms with van der Waals surface area (Å²) in [6.07, 6.45) is 1.87. The highest BCUT2D eigenvalue weighted by atomic mass is 19.1. The molecule has 1 aliphatic rings. The van der Waals surface area contributed by atoms with E-state index in [1.165, 1.54) is 6.07 Å². The molecule has 0 spiro atoms. The van der Waals surface area contributed by atoms with Crippen LogP contribution in [0.4, 0.5) is 15.9 Å². The minimum atomic E-state index is -0.200. The lowest BCUT2D eigenvalue weighted by molar-refractivity contribution is 0.509. The van der Waals surface area contributed by atoms with Crippen LogP contribution >= 0.6 is 0 Å². The van der Waals surface area contributed by atoms with Crippen LogP contribution in [0.25, 0.3) is 5.65 Å². The second kappa shape index (κ2) is 6.79. The molecular formula is C20H25FN6. The van der Waals surface area contributed by atoms with E-state index in [0.29, 0.717) is 5.69 Å². The highest BCUT2D eigenvalue weighted by Gasteiger charge is 2.24. The van der Waals surface area contributed by atoms with Gasteiger partial charge >= 0.3 is 0 Å². The van der Waals surface area contributed by atoms with Gasteiger partial charge < -0.3 is 10.2 Å². The van der Waals surface area contributed by atoms with Crippen LogP contribution in [-0.4, -0.2) is 38.9 Å². The van der Waals surface area contributed by atoms with Crippen molar-refractivity contribution in [2.75, 3.05) is 23.3 Å². The van der Waals surface area contributed by atoms with Crippen molar-refractivity contribution in [1.82, 2.24) is 19.8 Å². The molecule has 0 saturated carbocycles. The van der Waals surface area contributed by atoms with Gasteiger partial charge in [-0.3, -0.25) is 0 Å². The Morgan fingerprint density at radius 2 is 1.78 bits per heavy atom. The van der Waals surface area contributed by atoms with Gasteiger partial charge in [0.15, 0.2) is 11.5 Å². The van der Waals surface area contributed by atoms with Crippen molar-refractivity contribution in [3.05, 3.63) is 48.0 Å². The highest BCUT2D eigenvalue weighted by Crippen LogP contribution is 2.24. The molecule has 1 fully saturated rings. The molecule has 3 heterocycles. The largest absolute Gasteiger partial charge is 0.380 e. The Hall–Kier alpha value is -2.70. The number of nitrogens with one attached hydrogen (secondary N) is 1. The zero-order chi connectivity index (χ0) is 19.0. The van der Waals surface area contributed by atoms with Crippen molar-refractivity contribution in [2.45, 2.75) is 45.1 Å². The highest BCUT2D eigenvalue weighted by molar-refractivity contribution is 5.48. The molecule has 4 rings (SSSR count). The Morgan fingerprint density at radius 1 is 1.04 bits per heavy atom. The number of hydrogen-bond acceptors (Lipinski definition) is 5. The first-order valence-electron chi connectivity index (χ1n) is 9.41. The SMILES string of the molecule is CC(C)(C)c1nnc2ccc(N3CCC(Nc4ccccc4F)CC3)nn12. The molecule has 0 aliphatic carbocycles. The molecule has 1 saturated heterocycles. The van der Waals surface area contributed by atoms with Gasteiger partial charge in [0.25, 0.3) is 0 Å². The zero-order valence-corrected chi connectivity index (χ0v) is 16.0. The average molecular weight is 368 g/mol. The molecule has 0 atom stereocenters. The molecule has 2 aromatic heterocycles. The smallest absolute Gasteiger partial charge is 0.178 e. The molecule has 0 radical (unpaired) electrons. The first kappa shape index (κ1) is 17.7. The predicted octanol–water partition coefficient (Wildman–Crippen LogP) is 3.64. The zero-order valence-electron chi connectivity index (χ0n) is 16.0. The van der Waals surface area contributed by atoms with E-state index >= 15 is 0 Å². The number of aromatic nitrogens is 4. The van der Waals surface area contributed by atoms with Crippen molar-refractivity contribution in [2.24, 2.45) is 0 Å². The number of piperidine rings is 1. The van der Waals surface area contributed by atoms with Crippen LogP contribution in [0.3, 0.4) is 0 Å². The molecule has 0 bridgehead atoms. The molecule has 27 heavy (non-hydrogen) atoms. The number of para-hydroxylation sites is 1. The molecule has 0 amide bonds. The van der Waals surface area contributed by atoms with E-state index in [9.17, 15) is 4.39 Å². The fourth-order valence-corrected chi connectivity index (χ4v) is 3.47. The Morgan fingerprint density at radius 3 is 2.48 bits per heavy atom. The monoisotopic (exact) mass is 368 g/mol. The third-order valence-electron chi connectivity index (χ3n) is 4.97. The van der Waals surface area contributed by atoms with E-state index in [1.54, 1.807) is 12.1 Å². The van der Waals surface area contributed by atoms with Gasteiger partial charge in [0, 0.05) is 24.5 Å². The number of halogens is 1. The van der Waals surface area contributed by atoms with Gasteiger partial charge in [-0.15, -0.1) is 15.3 Å². The Labute approximate surface area is 158 Å². The number of anilines is 2. The Kier molecular flexibility index (Phi) is 4.45. The summed E-state index contributed by atoms with van der Waals surface area (Å²) < 4.78 is 15.7. The average Bonchev–Trinajstić information content (AvgIpc) is 3.08. The standard InChI is InChI=1S/C20H25FN6/c1-20(2,3)19-24-23-17-8-9-18(25-27(17)19)26-12-10-14(11-13-26)22-16-7-5-4-6-15(16)21/h4-9,14,22H,10-13H2,1-3H3. The topological polar surface area (TPSA) is 58.4 Å². The van der Waals surface area contributed by atoms with Crippen LogP contribution in [0.2, 0.25) is 0 Å². The Bertz CT molecular complexity index is 937. The third kappa shape index (κ3) is 3.59. The van der Waals surface area contributed by atoms with Crippen molar-refractivity contribution < 1.29 is 4.39 Å². The molecule has 0 unspecified atom stereocenters. The van der Waals surface area contributed by atoms with Crippen LogP contribution in [0.15, 0.2) is 36.4 Å². The fourth-order valence-electron chi connectivity index (χ4n) is 3.47. The van der Waals surface area contributed by atoms with Gasteiger partial charge in [0.2, 0.25) is 0 Å². The number of benzene rings is 1. The first-order chi connectivity index (χ1) is 12.9. The summed E-state index contributed by atoms with van der Waals surface area (Å²) in [5.41, 5.74) is 1.22.